The lowest BCUT2D eigenvalue weighted by Crippen LogP contribution is -2.34. The molecule has 1 aliphatic rings. The first-order valence-corrected chi connectivity index (χ1v) is 10.4. The Hall–Kier alpha value is -2.49. The monoisotopic (exact) mass is 380 g/mol. The standard InChI is InChI=1S/C24H32N2O2/c1-4-20-7-13-23(14-8-20)28-17-24(27)25-19(3)21-9-11-22(12-10-21)26-15-5-6-18(2)16-26/h7-14,18-19H,4-6,15-17H2,1-3H3,(H,25,27)/t18-,19+/m1/s1. The summed E-state index contributed by atoms with van der Waals surface area (Å²) in [4.78, 5) is 14.7. The number of nitrogens with zero attached hydrogens (tertiary/aromatic N) is 1. The van der Waals surface area contributed by atoms with Crippen molar-refractivity contribution >= 4 is 11.6 Å². The second-order valence-electron chi connectivity index (χ2n) is 7.86. The maximum absolute atomic E-state index is 12.2. The van der Waals surface area contributed by atoms with E-state index >= 15 is 0 Å². The number of piperidine rings is 1. The van der Waals surface area contributed by atoms with Crippen LogP contribution >= 0.6 is 0 Å². The number of rotatable bonds is 7. The number of benzene rings is 2. The third-order valence-electron chi connectivity index (χ3n) is 5.49. The fourth-order valence-electron chi connectivity index (χ4n) is 3.73. The Bertz CT molecular complexity index is 755. The molecule has 1 aliphatic heterocycles. The SMILES string of the molecule is CCc1ccc(OCC(=O)N[C@@H](C)c2ccc(N3CCC[C@@H](C)C3)cc2)cc1. The minimum absolute atomic E-state index is 0.0273. The summed E-state index contributed by atoms with van der Waals surface area (Å²) in [6.07, 6.45) is 3.58. The van der Waals surface area contributed by atoms with Gasteiger partial charge in [0.05, 0.1) is 6.04 Å². The van der Waals surface area contributed by atoms with Crippen molar-refractivity contribution < 1.29 is 9.53 Å². The average molecular weight is 381 g/mol. The van der Waals surface area contributed by atoms with Gasteiger partial charge in [0, 0.05) is 18.8 Å². The molecule has 0 spiro atoms. The zero-order valence-corrected chi connectivity index (χ0v) is 17.3. The van der Waals surface area contributed by atoms with Crippen LogP contribution in [0.15, 0.2) is 48.5 Å². The molecule has 2 atom stereocenters. The van der Waals surface area contributed by atoms with E-state index in [0.29, 0.717) is 0 Å². The van der Waals surface area contributed by atoms with E-state index in [1.807, 2.05) is 31.2 Å². The van der Waals surface area contributed by atoms with Gasteiger partial charge in [-0.1, -0.05) is 38.1 Å². The molecule has 28 heavy (non-hydrogen) atoms. The third kappa shape index (κ3) is 5.51. The highest BCUT2D eigenvalue weighted by Gasteiger charge is 2.17. The van der Waals surface area contributed by atoms with E-state index in [-0.39, 0.29) is 18.6 Å². The molecule has 4 heteroatoms. The Morgan fingerprint density at radius 3 is 2.54 bits per heavy atom. The number of aryl methyl sites for hydroxylation is 1. The van der Waals surface area contributed by atoms with Crippen LogP contribution in [-0.4, -0.2) is 25.6 Å². The summed E-state index contributed by atoms with van der Waals surface area (Å²) in [5, 5.41) is 3.02. The molecule has 0 unspecified atom stereocenters. The van der Waals surface area contributed by atoms with Crippen molar-refractivity contribution in [2.75, 3.05) is 24.6 Å². The molecule has 0 saturated carbocycles. The van der Waals surface area contributed by atoms with Gasteiger partial charge in [0.15, 0.2) is 6.61 Å². The van der Waals surface area contributed by atoms with Crippen LogP contribution < -0.4 is 15.0 Å². The van der Waals surface area contributed by atoms with E-state index in [2.05, 4.69) is 48.3 Å². The molecule has 0 aliphatic carbocycles. The van der Waals surface area contributed by atoms with Crippen molar-refractivity contribution in [3.63, 3.8) is 0 Å². The highest BCUT2D eigenvalue weighted by Crippen LogP contribution is 2.24. The number of hydrogen-bond acceptors (Lipinski definition) is 3. The summed E-state index contributed by atoms with van der Waals surface area (Å²) in [7, 11) is 0. The predicted octanol–water partition coefficient (Wildman–Crippen LogP) is 4.74. The molecule has 1 N–H and O–H groups in total. The van der Waals surface area contributed by atoms with Crippen LogP contribution in [0.3, 0.4) is 0 Å². The normalized spacial score (nSPS) is 17.8. The second-order valence-corrected chi connectivity index (χ2v) is 7.86. The molecule has 0 radical (unpaired) electrons. The number of carbonyl (C=O) groups is 1. The van der Waals surface area contributed by atoms with E-state index in [1.54, 1.807) is 0 Å². The molecule has 0 bridgehead atoms. The summed E-state index contributed by atoms with van der Waals surface area (Å²) >= 11 is 0. The molecule has 2 aromatic rings. The quantitative estimate of drug-likeness (QED) is 0.754. The van der Waals surface area contributed by atoms with E-state index in [0.717, 1.165) is 36.7 Å². The van der Waals surface area contributed by atoms with Crippen LogP contribution in [-0.2, 0) is 11.2 Å². The Balaban J connectivity index is 1.49. The van der Waals surface area contributed by atoms with Crippen molar-refractivity contribution in [3.8, 4) is 5.75 Å². The maximum atomic E-state index is 12.2. The molecule has 4 nitrogen and oxygen atoms in total. The Morgan fingerprint density at radius 1 is 1.18 bits per heavy atom. The van der Waals surface area contributed by atoms with Crippen LogP contribution in [0.1, 0.15) is 50.8 Å². The molecular weight excluding hydrogens is 348 g/mol. The van der Waals surface area contributed by atoms with E-state index in [4.69, 9.17) is 4.74 Å². The van der Waals surface area contributed by atoms with Gasteiger partial charge < -0.3 is 15.0 Å². The van der Waals surface area contributed by atoms with E-state index < -0.39 is 0 Å². The lowest BCUT2D eigenvalue weighted by atomic mass is 9.99. The summed E-state index contributed by atoms with van der Waals surface area (Å²) < 4.78 is 5.59. The van der Waals surface area contributed by atoms with Crippen LogP contribution in [0.5, 0.6) is 5.75 Å². The topological polar surface area (TPSA) is 41.6 Å². The molecule has 1 saturated heterocycles. The molecule has 1 fully saturated rings. The average Bonchev–Trinajstić information content (AvgIpc) is 2.72. The van der Waals surface area contributed by atoms with Gasteiger partial charge in [0.1, 0.15) is 5.75 Å². The first kappa shape index (κ1) is 20.2. The molecule has 2 aromatic carbocycles. The lowest BCUT2D eigenvalue weighted by Gasteiger charge is -2.33. The summed E-state index contributed by atoms with van der Waals surface area (Å²) in [6.45, 7) is 8.73. The van der Waals surface area contributed by atoms with E-state index in [9.17, 15) is 4.79 Å². The van der Waals surface area contributed by atoms with E-state index in [1.165, 1.54) is 24.1 Å². The molecule has 3 rings (SSSR count). The number of anilines is 1. The molecular formula is C24H32N2O2. The van der Waals surface area contributed by atoms with Gasteiger partial charge in [0.2, 0.25) is 0 Å². The van der Waals surface area contributed by atoms with Gasteiger partial charge in [-0.25, -0.2) is 0 Å². The number of ether oxygens (including phenoxy) is 1. The van der Waals surface area contributed by atoms with Gasteiger partial charge in [-0.05, 0) is 67.5 Å². The first-order chi connectivity index (χ1) is 13.5. The zero-order chi connectivity index (χ0) is 19.9. The van der Waals surface area contributed by atoms with Crippen molar-refractivity contribution in [1.82, 2.24) is 5.32 Å². The molecule has 0 aromatic heterocycles. The Labute approximate surface area is 168 Å². The van der Waals surface area contributed by atoms with Gasteiger partial charge in [-0.2, -0.15) is 0 Å². The lowest BCUT2D eigenvalue weighted by molar-refractivity contribution is -0.123. The van der Waals surface area contributed by atoms with Crippen LogP contribution in [0.2, 0.25) is 0 Å². The van der Waals surface area contributed by atoms with Gasteiger partial charge in [0.25, 0.3) is 5.91 Å². The number of nitrogens with one attached hydrogen (secondary N) is 1. The fourth-order valence-corrected chi connectivity index (χ4v) is 3.73. The smallest absolute Gasteiger partial charge is 0.258 e. The number of carbonyl (C=O) groups excluding carboxylic acids is 1. The highest BCUT2D eigenvalue weighted by atomic mass is 16.5. The van der Waals surface area contributed by atoms with Crippen molar-refractivity contribution in [1.29, 1.82) is 0 Å². The second kappa shape index (κ2) is 9.63. The first-order valence-electron chi connectivity index (χ1n) is 10.4. The summed E-state index contributed by atoms with van der Waals surface area (Å²) in [5.41, 5.74) is 3.63. The molecule has 150 valence electrons. The highest BCUT2D eigenvalue weighted by molar-refractivity contribution is 5.78. The third-order valence-corrected chi connectivity index (χ3v) is 5.49. The number of amides is 1. The Kier molecular flexibility index (Phi) is 6.96. The zero-order valence-electron chi connectivity index (χ0n) is 17.3. The Morgan fingerprint density at radius 2 is 1.89 bits per heavy atom. The van der Waals surface area contributed by atoms with Gasteiger partial charge in [-0.3, -0.25) is 4.79 Å². The minimum atomic E-state index is -0.110. The minimum Gasteiger partial charge on any atom is -0.484 e. The largest absolute Gasteiger partial charge is 0.484 e. The summed E-state index contributed by atoms with van der Waals surface area (Å²) in [5.74, 6) is 1.37. The predicted molar refractivity (Wildman–Crippen MR) is 115 cm³/mol. The maximum Gasteiger partial charge on any atom is 0.258 e. The van der Waals surface area contributed by atoms with Crippen molar-refractivity contribution in [2.45, 2.75) is 46.1 Å². The fraction of sp³-hybridized carbons (Fsp3) is 0.458. The van der Waals surface area contributed by atoms with Crippen LogP contribution in [0.25, 0.3) is 0 Å². The van der Waals surface area contributed by atoms with Gasteiger partial charge in [-0.15, -0.1) is 0 Å². The van der Waals surface area contributed by atoms with Crippen LogP contribution in [0, 0.1) is 5.92 Å². The van der Waals surface area contributed by atoms with Crippen molar-refractivity contribution in [3.05, 3.63) is 59.7 Å². The number of hydrogen-bond donors (Lipinski definition) is 1. The molecule has 1 amide bonds. The molecule has 1 heterocycles. The van der Waals surface area contributed by atoms with Gasteiger partial charge >= 0.3 is 0 Å². The van der Waals surface area contributed by atoms with Crippen molar-refractivity contribution in [2.24, 2.45) is 5.92 Å². The van der Waals surface area contributed by atoms with Crippen LogP contribution in [0.4, 0.5) is 5.69 Å². The summed E-state index contributed by atoms with van der Waals surface area (Å²) in [6, 6.07) is 16.4.